The average Bonchev–Trinajstić information content (AvgIpc) is 2.54. The maximum absolute atomic E-state index is 11.7. The minimum Gasteiger partial charge on any atom is -0.486 e. The van der Waals surface area contributed by atoms with Gasteiger partial charge in [0.2, 0.25) is 0 Å². The van der Waals surface area contributed by atoms with Crippen LogP contribution in [0.25, 0.3) is 11.1 Å². The fraction of sp³-hybridized carbons (Fsp3) is 0.278. The Morgan fingerprint density at radius 3 is 2.45 bits per heavy atom. The van der Waals surface area contributed by atoms with Gasteiger partial charge < -0.3 is 14.6 Å². The van der Waals surface area contributed by atoms with Crippen molar-refractivity contribution in [3.05, 3.63) is 47.5 Å². The Bertz CT molecular complexity index is 706. The van der Waals surface area contributed by atoms with Crippen molar-refractivity contribution in [2.24, 2.45) is 0 Å². The van der Waals surface area contributed by atoms with Crippen molar-refractivity contribution in [1.82, 2.24) is 0 Å². The summed E-state index contributed by atoms with van der Waals surface area (Å²) in [5.74, 6) is 0.149. The third-order valence-corrected chi connectivity index (χ3v) is 3.74. The second-order valence-corrected chi connectivity index (χ2v) is 5.25. The van der Waals surface area contributed by atoms with Crippen LogP contribution in [0.5, 0.6) is 11.5 Å². The SMILES string of the molecule is CCCc1ccccc1-c1cc2c(cc1C(=O)O)OCCO2. The lowest BCUT2D eigenvalue weighted by molar-refractivity contribution is 0.0696. The van der Waals surface area contributed by atoms with E-state index in [-0.39, 0.29) is 5.56 Å². The fourth-order valence-electron chi connectivity index (χ4n) is 2.76. The Morgan fingerprint density at radius 2 is 1.77 bits per heavy atom. The molecule has 0 aliphatic carbocycles. The molecule has 1 N–H and O–H groups in total. The van der Waals surface area contributed by atoms with E-state index in [4.69, 9.17) is 9.47 Å². The molecule has 3 rings (SSSR count). The summed E-state index contributed by atoms with van der Waals surface area (Å²) in [6, 6.07) is 11.3. The summed E-state index contributed by atoms with van der Waals surface area (Å²) in [6.45, 7) is 3.03. The normalized spacial score (nSPS) is 13.0. The smallest absolute Gasteiger partial charge is 0.336 e. The molecule has 1 heterocycles. The lowest BCUT2D eigenvalue weighted by atomic mass is 9.93. The van der Waals surface area contributed by atoms with Gasteiger partial charge in [-0.3, -0.25) is 0 Å². The molecule has 0 unspecified atom stereocenters. The van der Waals surface area contributed by atoms with Crippen molar-refractivity contribution in [2.45, 2.75) is 19.8 Å². The molecule has 114 valence electrons. The first-order chi connectivity index (χ1) is 10.7. The van der Waals surface area contributed by atoms with E-state index in [2.05, 4.69) is 6.92 Å². The third kappa shape index (κ3) is 2.64. The molecule has 0 spiro atoms. The number of benzene rings is 2. The Hall–Kier alpha value is -2.49. The van der Waals surface area contributed by atoms with Gasteiger partial charge in [-0.1, -0.05) is 37.6 Å². The van der Waals surface area contributed by atoms with E-state index in [0.717, 1.165) is 24.0 Å². The number of rotatable bonds is 4. The maximum atomic E-state index is 11.7. The largest absolute Gasteiger partial charge is 0.486 e. The van der Waals surface area contributed by atoms with Gasteiger partial charge in [0.1, 0.15) is 13.2 Å². The van der Waals surface area contributed by atoms with E-state index in [1.807, 2.05) is 24.3 Å². The summed E-state index contributed by atoms with van der Waals surface area (Å²) < 4.78 is 11.1. The lowest BCUT2D eigenvalue weighted by Crippen LogP contribution is -2.16. The second kappa shape index (κ2) is 6.10. The highest BCUT2D eigenvalue weighted by atomic mass is 16.6. The number of aryl methyl sites for hydroxylation is 1. The van der Waals surface area contributed by atoms with Crippen molar-refractivity contribution in [3.63, 3.8) is 0 Å². The summed E-state index contributed by atoms with van der Waals surface area (Å²) in [7, 11) is 0. The van der Waals surface area contributed by atoms with Gasteiger partial charge in [0.25, 0.3) is 0 Å². The molecule has 0 saturated heterocycles. The number of carbonyl (C=O) groups is 1. The van der Waals surface area contributed by atoms with E-state index in [9.17, 15) is 9.90 Å². The van der Waals surface area contributed by atoms with Crippen LogP contribution in [0.15, 0.2) is 36.4 Å². The second-order valence-electron chi connectivity index (χ2n) is 5.25. The van der Waals surface area contributed by atoms with Crippen LogP contribution in [0.2, 0.25) is 0 Å². The molecule has 22 heavy (non-hydrogen) atoms. The molecule has 0 bridgehead atoms. The molecule has 2 aromatic rings. The average molecular weight is 298 g/mol. The lowest BCUT2D eigenvalue weighted by Gasteiger charge is -2.21. The first-order valence-electron chi connectivity index (χ1n) is 7.46. The van der Waals surface area contributed by atoms with Crippen molar-refractivity contribution >= 4 is 5.97 Å². The van der Waals surface area contributed by atoms with Gasteiger partial charge in [0, 0.05) is 5.56 Å². The summed E-state index contributed by atoms with van der Waals surface area (Å²) in [5.41, 5.74) is 3.01. The van der Waals surface area contributed by atoms with Gasteiger partial charge in [0.05, 0.1) is 5.56 Å². The van der Waals surface area contributed by atoms with Crippen LogP contribution in [0.1, 0.15) is 29.3 Å². The fourth-order valence-corrected chi connectivity index (χ4v) is 2.76. The summed E-state index contributed by atoms with van der Waals surface area (Å²) >= 11 is 0. The monoisotopic (exact) mass is 298 g/mol. The van der Waals surface area contributed by atoms with Gasteiger partial charge in [-0.05, 0) is 29.7 Å². The first-order valence-corrected chi connectivity index (χ1v) is 7.46. The Morgan fingerprint density at radius 1 is 1.09 bits per heavy atom. The van der Waals surface area contributed by atoms with Gasteiger partial charge in [-0.25, -0.2) is 4.79 Å². The quantitative estimate of drug-likeness (QED) is 0.933. The van der Waals surface area contributed by atoms with E-state index in [0.29, 0.717) is 30.3 Å². The van der Waals surface area contributed by atoms with E-state index < -0.39 is 5.97 Å². The summed E-state index contributed by atoms with van der Waals surface area (Å²) in [6.07, 6.45) is 1.91. The first kappa shape index (κ1) is 14.4. The molecule has 0 amide bonds. The zero-order valence-electron chi connectivity index (χ0n) is 12.5. The molecule has 0 aromatic heterocycles. The van der Waals surface area contributed by atoms with Crippen LogP contribution in [0, 0.1) is 0 Å². The molecule has 4 nitrogen and oxygen atoms in total. The molecule has 0 fully saturated rings. The predicted octanol–water partition coefficient (Wildman–Crippen LogP) is 3.78. The van der Waals surface area contributed by atoms with Crippen LogP contribution < -0.4 is 9.47 Å². The zero-order chi connectivity index (χ0) is 15.5. The minimum atomic E-state index is -0.960. The van der Waals surface area contributed by atoms with E-state index >= 15 is 0 Å². The highest BCUT2D eigenvalue weighted by molar-refractivity contribution is 5.97. The molecule has 2 aromatic carbocycles. The highest BCUT2D eigenvalue weighted by Gasteiger charge is 2.21. The molecular formula is C18H18O4. The van der Waals surface area contributed by atoms with Crippen molar-refractivity contribution in [1.29, 1.82) is 0 Å². The number of ether oxygens (including phenoxy) is 2. The predicted molar refractivity (Wildman–Crippen MR) is 83.8 cm³/mol. The Labute approximate surface area is 129 Å². The van der Waals surface area contributed by atoms with Crippen LogP contribution in [-0.2, 0) is 6.42 Å². The number of carboxylic acid groups (broad SMARTS) is 1. The van der Waals surface area contributed by atoms with Crippen molar-refractivity contribution < 1.29 is 19.4 Å². The topological polar surface area (TPSA) is 55.8 Å². The Balaban J connectivity index is 2.19. The van der Waals surface area contributed by atoms with Crippen LogP contribution in [0.4, 0.5) is 0 Å². The standard InChI is InChI=1S/C18H18O4/c1-2-5-12-6-3-4-7-13(12)14-10-16-17(22-9-8-21-16)11-15(14)18(19)20/h3-4,6-7,10-11H,2,5,8-9H2,1H3,(H,19,20). The molecule has 4 heteroatoms. The number of carboxylic acids is 1. The van der Waals surface area contributed by atoms with Crippen LogP contribution in [-0.4, -0.2) is 24.3 Å². The Kier molecular flexibility index (Phi) is 4.00. The molecule has 0 atom stereocenters. The zero-order valence-corrected chi connectivity index (χ0v) is 12.5. The van der Waals surface area contributed by atoms with Gasteiger partial charge in [0.15, 0.2) is 11.5 Å². The molecule has 1 aliphatic rings. The molecule has 1 aliphatic heterocycles. The molecule has 0 radical (unpaired) electrons. The highest BCUT2D eigenvalue weighted by Crippen LogP contribution is 2.38. The minimum absolute atomic E-state index is 0.243. The molecular weight excluding hydrogens is 280 g/mol. The number of hydrogen-bond donors (Lipinski definition) is 1. The third-order valence-electron chi connectivity index (χ3n) is 3.74. The molecule has 0 saturated carbocycles. The number of fused-ring (bicyclic) bond motifs is 1. The van der Waals surface area contributed by atoms with Crippen molar-refractivity contribution in [3.8, 4) is 22.6 Å². The number of aromatic carboxylic acids is 1. The maximum Gasteiger partial charge on any atom is 0.336 e. The van der Waals surface area contributed by atoms with Gasteiger partial charge >= 0.3 is 5.97 Å². The van der Waals surface area contributed by atoms with Crippen molar-refractivity contribution in [2.75, 3.05) is 13.2 Å². The summed E-state index contributed by atoms with van der Waals surface area (Å²) in [4.78, 5) is 11.7. The number of hydrogen-bond acceptors (Lipinski definition) is 3. The summed E-state index contributed by atoms with van der Waals surface area (Å²) in [5, 5.41) is 9.55. The van der Waals surface area contributed by atoms with E-state index in [1.165, 1.54) is 0 Å². The van der Waals surface area contributed by atoms with Gasteiger partial charge in [-0.15, -0.1) is 0 Å². The van der Waals surface area contributed by atoms with Crippen LogP contribution >= 0.6 is 0 Å². The van der Waals surface area contributed by atoms with Gasteiger partial charge in [-0.2, -0.15) is 0 Å². The van der Waals surface area contributed by atoms with Crippen LogP contribution in [0.3, 0.4) is 0 Å². The van der Waals surface area contributed by atoms with E-state index in [1.54, 1.807) is 12.1 Å².